The Labute approximate surface area is 123 Å². The first kappa shape index (κ1) is 14.9. The van der Waals surface area contributed by atoms with Crippen molar-refractivity contribution in [2.45, 2.75) is 18.3 Å². The number of amides is 1. The number of rotatable bonds is 5. The highest BCUT2D eigenvalue weighted by molar-refractivity contribution is 7.99. The number of aliphatic hydroxyl groups excluding tert-OH is 1. The Bertz CT molecular complexity index is 600. The zero-order valence-electron chi connectivity index (χ0n) is 11.7. The predicted octanol–water partition coefficient (Wildman–Crippen LogP) is 2.74. The van der Waals surface area contributed by atoms with E-state index in [-0.39, 0.29) is 17.7 Å². The number of carbonyl (C=O) groups is 1. The van der Waals surface area contributed by atoms with Gasteiger partial charge in [0, 0.05) is 6.54 Å². The van der Waals surface area contributed by atoms with E-state index in [2.05, 4.69) is 5.32 Å². The van der Waals surface area contributed by atoms with Gasteiger partial charge in [-0.2, -0.15) is 11.8 Å². The van der Waals surface area contributed by atoms with Gasteiger partial charge in [-0.25, -0.2) is 0 Å². The summed E-state index contributed by atoms with van der Waals surface area (Å²) in [5.41, 5.74) is 0.820. The molecule has 0 heterocycles. The van der Waals surface area contributed by atoms with Crippen LogP contribution in [0.4, 0.5) is 0 Å². The van der Waals surface area contributed by atoms with Crippen molar-refractivity contribution in [3.8, 4) is 0 Å². The third-order valence-corrected chi connectivity index (χ3v) is 4.27. The summed E-state index contributed by atoms with van der Waals surface area (Å²) in [4.78, 5) is 11.7. The van der Waals surface area contributed by atoms with Crippen molar-refractivity contribution < 1.29 is 9.90 Å². The first-order valence-electron chi connectivity index (χ1n) is 6.59. The average molecular weight is 289 g/mol. The molecule has 0 radical (unpaired) electrons. The Hall–Kier alpha value is -1.52. The SMILES string of the molecule is CSC(C)C(=O)NCC(O)c1ccc2ccccc2c1. The molecule has 1 amide bonds. The summed E-state index contributed by atoms with van der Waals surface area (Å²) in [5.74, 6) is -0.0441. The first-order chi connectivity index (χ1) is 9.61. The molecule has 0 aliphatic carbocycles. The van der Waals surface area contributed by atoms with E-state index in [4.69, 9.17) is 0 Å². The molecule has 0 fully saturated rings. The van der Waals surface area contributed by atoms with Crippen LogP contribution in [0.25, 0.3) is 10.8 Å². The van der Waals surface area contributed by atoms with E-state index in [1.54, 1.807) is 0 Å². The van der Waals surface area contributed by atoms with E-state index in [1.807, 2.05) is 55.6 Å². The van der Waals surface area contributed by atoms with Crippen molar-refractivity contribution in [1.82, 2.24) is 5.32 Å². The van der Waals surface area contributed by atoms with Gasteiger partial charge in [-0.05, 0) is 35.6 Å². The lowest BCUT2D eigenvalue weighted by Gasteiger charge is -2.15. The Kier molecular flexibility index (Phi) is 5.04. The summed E-state index contributed by atoms with van der Waals surface area (Å²) in [5, 5.41) is 15.1. The van der Waals surface area contributed by atoms with Gasteiger partial charge in [0.2, 0.25) is 5.91 Å². The zero-order chi connectivity index (χ0) is 14.5. The van der Waals surface area contributed by atoms with Crippen molar-refractivity contribution in [1.29, 1.82) is 0 Å². The summed E-state index contributed by atoms with van der Waals surface area (Å²) in [6.45, 7) is 2.09. The normalized spacial score (nSPS) is 13.9. The molecular weight excluding hydrogens is 270 g/mol. The molecule has 0 aromatic heterocycles. The molecular formula is C16H19NO2S. The fourth-order valence-electron chi connectivity index (χ4n) is 1.98. The maximum atomic E-state index is 11.7. The van der Waals surface area contributed by atoms with E-state index in [0.29, 0.717) is 0 Å². The summed E-state index contributed by atoms with van der Waals surface area (Å²) in [6.07, 6.45) is 1.21. The van der Waals surface area contributed by atoms with Gasteiger partial charge in [-0.15, -0.1) is 0 Å². The Morgan fingerprint density at radius 3 is 2.65 bits per heavy atom. The molecule has 0 saturated heterocycles. The number of aliphatic hydroxyl groups is 1. The van der Waals surface area contributed by atoms with Gasteiger partial charge in [0.1, 0.15) is 0 Å². The van der Waals surface area contributed by atoms with Crippen molar-refractivity contribution in [2.24, 2.45) is 0 Å². The monoisotopic (exact) mass is 289 g/mol. The van der Waals surface area contributed by atoms with Crippen LogP contribution in [0.5, 0.6) is 0 Å². The van der Waals surface area contributed by atoms with Gasteiger partial charge in [0.05, 0.1) is 11.4 Å². The number of fused-ring (bicyclic) bond motifs is 1. The molecule has 3 nitrogen and oxygen atoms in total. The minimum atomic E-state index is -0.683. The van der Waals surface area contributed by atoms with Gasteiger partial charge >= 0.3 is 0 Å². The zero-order valence-corrected chi connectivity index (χ0v) is 12.5. The van der Waals surface area contributed by atoms with Crippen LogP contribution in [0.2, 0.25) is 0 Å². The second-order valence-electron chi connectivity index (χ2n) is 4.75. The molecule has 0 saturated carbocycles. The van der Waals surface area contributed by atoms with Gasteiger partial charge in [0.25, 0.3) is 0 Å². The third-order valence-electron chi connectivity index (χ3n) is 3.35. The predicted molar refractivity (Wildman–Crippen MR) is 84.9 cm³/mol. The minimum absolute atomic E-state index is 0.0441. The molecule has 4 heteroatoms. The van der Waals surface area contributed by atoms with Gasteiger partial charge in [0.15, 0.2) is 0 Å². The second-order valence-corrected chi connectivity index (χ2v) is 5.92. The number of hydrogen-bond acceptors (Lipinski definition) is 3. The van der Waals surface area contributed by atoms with Crippen LogP contribution in [0.3, 0.4) is 0 Å². The van der Waals surface area contributed by atoms with Crippen molar-refractivity contribution in [3.63, 3.8) is 0 Å². The molecule has 0 aliphatic heterocycles. The third kappa shape index (κ3) is 3.52. The molecule has 106 valence electrons. The van der Waals surface area contributed by atoms with E-state index in [1.165, 1.54) is 11.8 Å². The van der Waals surface area contributed by atoms with Crippen molar-refractivity contribution in [3.05, 3.63) is 48.0 Å². The summed E-state index contributed by atoms with van der Waals surface area (Å²) < 4.78 is 0. The smallest absolute Gasteiger partial charge is 0.232 e. The summed E-state index contributed by atoms with van der Waals surface area (Å²) in [6, 6.07) is 13.9. The van der Waals surface area contributed by atoms with Crippen molar-refractivity contribution >= 4 is 28.4 Å². The van der Waals surface area contributed by atoms with Crippen LogP contribution in [0.15, 0.2) is 42.5 Å². The highest BCUT2D eigenvalue weighted by atomic mass is 32.2. The van der Waals surface area contributed by atoms with E-state index < -0.39 is 6.10 Å². The largest absolute Gasteiger partial charge is 0.387 e. The fourth-order valence-corrected chi connectivity index (χ4v) is 2.28. The van der Waals surface area contributed by atoms with Crippen LogP contribution < -0.4 is 5.32 Å². The number of nitrogens with one attached hydrogen (secondary N) is 1. The van der Waals surface area contributed by atoms with Gasteiger partial charge < -0.3 is 10.4 Å². The summed E-state index contributed by atoms with van der Waals surface area (Å²) >= 11 is 1.49. The van der Waals surface area contributed by atoms with E-state index in [0.717, 1.165) is 16.3 Å². The van der Waals surface area contributed by atoms with E-state index >= 15 is 0 Å². The van der Waals surface area contributed by atoms with Crippen LogP contribution in [-0.2, 0) is 4.79 Å². The topological polar surface area (TPSA) is 49.3 Å². The van der Waals surface area contributed by atoms with E-state index in [9.17, 15) is 9.90 Å². The average Bonchev–Trinajstić information content (AvgIpc) is 2.50. The standard InChI is InChI=1S/C16H19NO2S/c1-11(20-2)16(19)17-10-15(18)14-8-7-12-5-3-4-6-13(12)9-14/h3-9,11,15,18H,10H2,1-2H3,(H,17,19). The maximum absolute atomic E-state index is 11.7. The second kappa shape index (κ2) is 6.77. The Morgan fingerprint density at radius 2 is 1.95 bits per heavy atom. The molecule has 2 atom stereocenters. The molecule has 2 N–H and O–H groups in total. The first-order valence-corrected chi connectivity index (χ1v) is 7.88. The maximum Gasteiger partial charge on any atom is 0.232 e. The number of benzene rings is 2. The van der Waals surface area contributed by atoms with Crippen LogP contribution in [-0.4, -0.2) is 29.1 Å². The van der Waals surface area contributed by atoms with Crippen LogP contribution in [0, 0.1) is 0 Å². The molecule has 2 unspecified atom stereocenters. The molecule has 0 aliphatic rings. The lowest BCUT2D eigenvalue weighted by Crippen LogP contribution is -2.34. The highest BCUT2D eigenvalue weighted by Crippen LogP contribution is 2.20. The molecule has 0 bridgehead atoms. The lowest BCUT2D eigenvalue weighted by molar-refractivity contribution is -0.120. The number of thioether (sulfide) groups is 1. The Morgan fingerprint density at radius 1 is 1.25 bits per heavy atom. The minimum Gasteiger partial charge on any atom is -0.387 e. The molecule has 20 heavy (non-hydrogen) atoms. The molecule has 2 rings (SSSR count). The highest BCUT2D eigenvalue weighted by Gasteiger charge is 2.14. The van der Waals surface area contributed by atoms with Crippen LogP contribution >= 0.6 is 11.8 Å². The van der Waals surface area contributed by atoms with Crippen LogP contribution in [0.1, 0.15) is 18.6 Å². The number of carbonyl (C=O) groups excluding carboxylic acids is 1. The van der Waals surface area contributed by atoms with Crippen molar-refractivity contribution in [2.75, 3.05) is 12.8 Å². The molecule has 2 aromatic carbocycles. The summed E-state index contributed by atoms with van der Waals surface area (Å²) in [7, 11) is 0. The Balaban J connectivity index is 2.04. The lowest BCUT2D eigenvalue weighted by atomic mass is 10.0. The fraction of sp³-hybridized carbons (Fsp3) is 0.312. The molecule has 2 aromatic rings. The number of hydrogen-bond donors (Lipinski definition) is 2. The van der Waals surface area contributed by atoms with Gasteiger partial charge in [-0.3, -0.25) is 4.79 Å². The van der Waals surface area contributed by atoms with Gasteiger partial charge in [-0.1, -0.05) is 36.4 Å². The molecule has 0 spiro atoms. The quantitative estimate of drug-likeness (QED) is 0.890.